The number of pyridine rings is 2. The van der Waals surface area contributed by atoms with Crippen molar-refractivity contribution >= 4 is 111 Å². The highest BCUT2D eigenvalue weighted by molar-refractivity contribution is 7.91. The predicted molar refractivity (Wildman–Crippen MR) is 438 cm³/mol. The zero-order valence-electron chi connectivity index (χ0n) is 67.2. The van der Waals surface area contributed by atoms with Crippen LogP contribution < -0.4 is 28.4 Å². The third kappa shape index (κ3) is 16.6. The van der Waals surface area contributed by atoms with Crippen LogP contribution in [0.15, 0.2) is 59.8 Å². The Bertz CT molecular complexity index is 5000. The standard InChI is InChI=1S/C45H56ClN5O9S2.C39H51N5O7S2/c1-4-28-23-45(28,44(54)49-62(55,56)29-5-6-29)24-36(52)35-22-39(34-9-7-30(43(53)51(34)35)27-11-16-57-17-12-27)60-38-21-32(42-48-33(25-61-42)26(2)3)47-41-31(38)8-10-37(40(41)46)59-20-15-50-13-18-58-19-14-50;1-9-23-16-39(23,38(47)42-53(48,49)24-10-11-24)17-30(45)28-15-33(29-18-43(7)35(21(4)5)37(46)44(28)29)51-32-14-26(36-41-27(19-52-36)20(2)3)40-34-22(6)31(50-8)13-12-25(32)34/h4,8,10,21,25-30,34-35,39H,1,5-7,9,11-20,22-24H2,2-3H3,(H,49,54);12-14,19-21,23-24,28-29,33,35H,9-11,15-18H2,1-8H3,(H,42,47)/t28-,30-,34-,35+,39-,45-;23-,28+,29-,33-,35-,39-/m11/s1. The number of piperidine rings is 1. The van der Waals surface area contributed by atoms with Crippen molar-refractivity contribution in [3.8, 4) is 44.4 Å². The molecule has 620 valence electrons. The maximum atomic E-state index is 14.7. The molecule has 4 aliphatic carbocycles. The molecule has 0 unspecified atom stereocenters. The van der Waals surface area contributed by atoms with Crippen molar-refractivity contribution in [1.29, 1.82) is 0 Å². The average molecular weight is 1680 g/mol. The van der Waals surface area contributed by atoms with E-state index in [-0.39, 0.29) is 90.5 Å². The Morgan fingerprint density at radius 2 is 1.21 bits per heavy atom. The largest absolute Gasteiger partial charge is 0.496 e. The zero-order valence-corrected chi connectivity index (χ0v) is 71.3. The SMILES string of the molecule is C=C[C@@H]1C[C@]1(CC(=O)[C@@H]1C[C@@H](Oc2cc(-c3nc(C(C)C)cs3)nc3c(Cl)c(OCCN4CCOCC4)ccc23)[C@H]2CC[C@H](C3CCOCC3)C(=O)N21)C(=O)NS(=O)(=O)C1CC1.CC[C@@H]1C[C@]1(CC(=O)[C@@H]1C[C@@H](Oc2cc(-c3nc(C(C)C)cs3)nc3c(C)c(OC)ccc23)[C@H]2CN(C)[C@H](C(C)C)C(=O)N21)C(=O)NS(=O)(=O)C1CC1. The number of thiazole rings is 2. The van der Waals surface area contributed by atoms with Gasteiger partial charge in [0, 0.05) is 110 Å². The highest BCUT2D eigenvalue weighted by Gasteiger charge is 2.65. The first-order valence-electron chi connectivity index (χ1n) is 41.0. The summed E-state index contributed by atoms with van der Waals surface area (Å²) in [5.41, 5.74) is 2.87. The smallest absolute Gasteiger partial charge is 0.241 e. The topological polar surface area (TPSA) is 315 Å². The normalized spacial score (nSPS) is 27.8. The molecule has 6 saturated heterocycles. The fourth-order valence-electron chi connectivity index (χ4n) is 18.6. The predicted octanol–water partition coefficient (Wildman–Crippen LogP) is 11.6. The van der Waals surface area contributed by atoms with Crippen LogP contribution in [0.4, 0.5) is 0 Å². The van der Waals surface area contributed by atoms with Gasteiger partial charge in [0.05, 0.1) is 94.3 Å². The number of carbonyl (C=O) groups excluding carboxylic acids is 6. The zero-order chi connectivity index (χ0) is 81.5. The van der Waals surface area contributed by atoms with Crippen LogP contribution in [0.2, 0.25) is 5.02 Å². The third-order valence-corrected chi connectivity index (χ3v) is 31.6. The van der Waals surface area contributed by atoms with Crippen molar-refractivity contribution in [2.45, 2.75) is 216 Å². The van der Waals surface area contributed by atoms with Crippen LogP contribution in [0.5, 0.6) is 23.0 Å². The molecule has 0 radical (unpaired) electrons. The van der Waals surface area contributed by atoms with Crippen molar-refractivity contribution in [3.63, 3.8) is 0 Å². The summed E-state index contributed by atoms with van der Waals surface area (Å²) in [6.45, 7) is 26.1. The van der Waals surface area contributed by atoms with Crippen LogP contribution in [-0.2, 0) is 58.3 Å². The van der Waals surface area contributed by atoms with E-state index in [4.69, 9.17) is 60.0 Å². The number of rotatable bonds is 29. The molecule has 2 aromatic carbocycles. The number of sulfonamides is 2. The van der Waals surface area contributed by atoms with Crippen molar-refractivity contribution in [1.82, 2.24) is 49.0 Å². The van der Waals surface area contributed by atoms with Gasteiger partial charge in [-0.25, -0.2) is 36.8 Å². The van der Waals surface area contributed by atoms with Crippen molar-refractivity contribution in [3.05, 3.63) is 81.8 Å². The summed E-state index contributed by atoms with van der Waals surface area (Å²) in [7, 11) is -4.06. The molecule has 12 atom stereocenters. The van der Waals surface area contributed by atoms with E-state index in [0.29, 0.717) is 158 Å². The molecule has 31 heteroatoms. The van der Waals surface area contributed by atoms with Crippen LogP contribution in [0.1, 0.15) is 174 Å². The van der Waals surface area contributed by atoms with Gasteiger partial charge < -0.3 is 38.2 Å². The van der Waals surface area contributed by atoms with E-state index in [2.05, 4.69) is 53.5 Å². The minimum atomic E-state index is -3.84. The lowest BCUT2D eigenvalue weighted by molar-refractivity contribution is -0.152. The number of hydrogen-bond donors (Lipinski definition) is 2. The number of morpholine rings is 1. The summed E-state index contributed by atoms with van der Waals surface area (Å²) in [6.07, 6.45) is 6.90. The lowest BCUT2D eigenvalue weighted by Gasteiger charge is -2.45. The number of aromatic nitrogens is 4. The maximum Gasteiger partial charge on any atom is 0.241 e. The van der Waals surface area contributed by atoms with E-state index in [1.165, 1.54) is 22.7 Å². The van der Waals surface area contributed by atoms with E-state index < -0.39 is 95.6 Å². The van der Waals surface area contributed by atoms with Gasteiger partial charge in [0.15, 0.2) is 11.6 Å². The molecule has 6 aromatic rings. The van der Waals surface area contributed by atoms with Gasteiger partial charge in [-0.15, -0.1) is 29.3 Å². The summed E-state index contributed by atoms with van der Waals surface area (Å²) in [5.74, 6) is 0.147. The van der Waals surface area contributed by atoms with Crippen LogP contribution in [0, 0.1) is 47.3 Å². The second kappa shape index (κ2) is 33.1. The molecule has 16 rings (SSSR count). The minimum Gasteiger partial charge on any atom is -0.496 e. The second-order valence-electron chi connectivity index (χ2n) is 34.3. The quantitative estimate of drug-likeness (QED) is 0.0412. The fraction of sp³-hybridized carbons (Fsp3) is 0.619. The number of ketones is 2. The second-order valence-corrected chi connectivity index (χ2v) is 40.4. The number of likely N-dealkylation sites (N-methyl/N-ethyl adjacent to an activating group) is 1. The monoisotopic (exact) mass is 1670 g/mol. The summed E-state index contributed by atoms with van der Waals surface area (Å²) >= 11 is 10.2. The molecule has 115 heavy (non-hydrogen) atoms. The van der Waals surface area contributed by atoms with Gasteiger partial charge >= 0.3 is 0 Å². The van der Waals surface area contributed by atoms with Gasteiger partial charge in [-0.1, -0.05) is 72.6 Å². The molecule has 10 heterocycles. The Morgan fingerprint density at radius 3 is 1.73 bits per heavy atom. The number of fused-ring (bicyclic) bond motifs is 4. The Kier molecular flexibility index (Phi) is 23.9. The van der Waals surface area contributed by atoms with E-state index in [1.54, 1.807) is 23.0 Å². The van der Waals surface area contributed by atoms with E-state index in [0.717, 1.165) is 59.8 Å². The Morgan fingerprint density at radius 1 is 0.678 bits per heavy atom. The third-order valence-electron chi connectivity index (χ3n) is 25.8. The molecular weight excluding hydrogens is 1570 g/mol. The lowest BCUT2D eigenvalue weighted by atomic mass is 9.78. The number of methoxy groups -OCH3 is 1. The maximum absolute atomic E-state index is 14.7. The molecule has 26 nitrogen and oxygen atoms in total. The van der Waals surface area contributed by atoms with Crippen LogP contribution in [0.3, 0.4) is 0 Å². The number of nitrogens with zero attached hydrogens (tertiary/aromatic N) is 8. The first-order valence-corrected chi connectivity index (χ1v) is 46.2. The number of benzene rings is 2. The summed E-state index contributed by atoms with van der Waals surface area (Å²) in [5, 5.41) is 6.18. The number of allylic oxidation sites excluding steroid dienone is 1. The van der Waals surface area contributed by atoms with E-state index in [1.807, 2.05) is 81.9 Å². The van der Waals surface area contributed by atoms with Gasteiger partial charge in [0.1, 0.15) is 68.2 Å². The van der Waals surface area contributed by atoms with Gasteiger partial charge in [0.2, 0.25) is 43.7 Å². The van der Waals surface area contributed by atoms with Crippen molar-refractivity contribution in [2.75, 3.05) is 73.4 Å². The number of Topliss-reactive ketones (excluding diaryl/α,β-unsaturated/α-hetero) is 2. The lowest BCUT2D eigenvalue weighted by Crippen LogP contribution is -2.64. The average Bonchev–Trinajstić information content (AvgIpc) is 1.59. The molecule has 2 N–H and O–H groups in total. The number of halogens is 1. The number of aryl methyl sites for hydroxylation is 1. The molecule has 4 saturated carbocycles. The molecule has 10 fully saturated rings. The first kappa shape index (κ1) is 82.8. The molecule has 0 spiro atoms. The molecular formula is C84H107ClN10O16S4. The van der Waals surface area contributed by atoms with E-state index in [9.17, 15) is 45.6 Å². The molecule has 0 bridgehead atoms. The van der Waals surface area contributed by atoms with Crippen molar-refractivity contribution in [2.24, 2.45) is 40.4 Å². The highest BCUT2D eigenvalue weighted by atomic mass is 35.5. The van der Waals surface area contributed by atoms with Crippen LogP contribution in [0.25, 0.3) is 43.2 Å². The summed E-state index contributed by atoms with van der Waals surface area (Å²) in [4.78, 5) is 113. The highest BCUT2D eigenvalue weighted by Crippen LogP contribution is 2.60. The number of carbonyl (C=O) groups is 6. The molecule has 6 aliphatic heterocycles. The van der Waals surface area contributed by atoms with Crippen LogP contribution >= 0.6 is 34.3 Å². The molecule has 4 aromatic heterocycles. The first-order chi connectivity index (χ1) is 55.0. The van der Waals surface area contributed by atoms with Gasteiger partial charge in [-0.05, 0) is 138 Å². The Labute approximate surface area is 686 Å². The number of ether oxygens (including phenoxy) is 6. The number of hydrogen-bond acceptors (Lipinski definition) is 24. The Hall–Kier alpha value is -7.29. The van der Waals surface area contributed by atoms with Gasteiger partial charge in [-0.3, -0.25) is 48.0 Å². The summed E-state index contributed by atoms with van der Waals surface area (Å²) in [6, 6.07) is 8.33. The van der Waals surface area contributed by atoms with Gasteiger partial charge in [-0.2, -0.15) is 0 Å². The van der Waals surface area contributed by atoms with E-state index >= 15 is 0 Å². The number of piperazine rings is 1. The van der Waals surface area contributed by atoms with Gasteiger partial charge in [0.25, 0.3) is 0 Å². The van der Waals surface area contributed by atoms with Crippen molar-refractivity contribution < 1.29 is 74.0 Å². The number of nitrogens with one attached hydrogen (secondary N) is 2. The molecule has 4 amide bonds. The minimum absolute atomic E-state index is 0.000469. The Balaban J connectivity index is 0.000000183. The fourth-order valence-corrected chi connectivity index (χ4v) is 23.5. The molecule has 10 aliphatic rings. The summed E-state index contributed by atoms with van der Waals surface area (Å²) < 4.78 is 93.0. The number of amides is 4. The van der Waals surface area contributed by atoms with Crippen LogP contribution in [-0.4, -0.2) is 218 Å².